The summed E-state index contributed by atoms with van der Waals surface area (Å²) in [5.41, 5.74) is 0. The average molecular weight is 170 g/mol. The second kappa shape index (κ2) is 6.61. The Morgan fingerprint density at radius 3 is 2.67 bits per heavy atom. The van der Waals surface area contributed by atoms with E-state index in [9.17, 15) is 4.79 Å². The molecule has 0 rings (SSSR count). The molecule has 0 heterocycles. The molecule has 3 heteroatoms. The molecule has 0 aliphatic rings. The number of hydrogen-bond donors (Lipinski definition) is 2. The highest BCUT2D eigenvalue weighted by Gasteiger charge is 2.01. The van der Waals surface area contributed by atoms with Gasteiger partial charge in [-0.15, -0.1) is 6.58 Å². The Morgan fingerprint density at radius 2 is 2.25 bits per heavy atom. The summed E-state index contributed by atoms with van der Waals surface area (Å²) in [5, 5.41) is 16.9. The molecule has 0 aliphatic heterocycles. The lowest BCUT2D eigenvalue weighted by Crippen LogP contribution is -1.99. The molecule has 12 heavy (non-hydrogen) atoms. The fourth-order valence-corrected chi connectivity index (χ4v) is 0.891. The highest BCUT2D eigenvalue weighted by atomic mass is 16.4. The van der Waals surface area contributed by atoms with Crippen LogP contribution >= 0.6 is 0 Å². The van der Waals surface area contributed by atoms with Crippen LogP contribution in [0.2, 0.25) is 0 Å². The van der Waals surface area contributed by atoms with Gasteiger partial charge in [-0.25, -0.2) is 4.79 Å². The molecule has 0 fully saturated rings. The molecule has 0 radical (unpaired) electrons. The van der Waals surface area contributed by atoms with Gasteiger partial charge in [-0.3, -0.25) is 0 Å². The number of carboxylic acids is 1. The second-order valence-corrected chi connectivity index (χ2v) is 2.49. The van der Waals surface area contributed by atoms with Gasteiger partial charge < -0.3 is 10.2 Å². The third kappa shape index (κ3) is 5.68. The summed E-state index contributed by atoms with van der Waals surface area (Å²) in [6.07, 6.45) is 5.68. The van der Waals surface area contributed by atoms with Gasteiger partial charge in [0, 0.05) is 12.7 Å². The first-order valence-corrected chi connectivity index (χ1v) is 3.83. The van der Waals surface area contributed by atoms with Crippen molar-refractivity contribution in [2.45, 2.75) is 12.8 Å². The predicted octanol–water partition coefficient (Wildman–Crippen LogP) is 1.20. The van der Waals surface area contributed by atoms with Gasteiger partial charge in [0.1, 0.15) is 0 Å². The first kappa shape index (κ1) is 10.9. The molecule has 0 spiro atoms. The van der Waals surface area contributed by atoms with Gasteiger partial charge in [0.2, 0.25) is 0 Å². The molecule has 3 nitrogen and oxygen atoms in total. The maximum atomic E-state index is 10.1. The standard InChI is InChI=1S/C9H14O3/c1-2-3-8(6-7-10)4-5-9(11)12/h2,4-5,8,10H,1,3,6-7H2,(H,11,12). The van der Waals surface area contributed by atoms with E-state index >= 15 is 0 Å². The minimum atomic E-state index is -0.956. The average Bonchev–Trinajstić information content (AvgIpc) is 2.01. The topological polar surface area (TPSA) is 57.5 Å². The molecule has 1 unspecified atom stereocenters. The Kier molecular flexibility index (Phi) is 6.01. The summed E-state index contributed by atoms with van der Waals surface area (Å²) in [7, 11) is 0. The molecule has 0 amide bonds. The summed E-state index contributed by atoms with van der Waals surface area (Å²) >= 11 is 0. The summed E-state index contributed by atoms with van der Waals surface area (Å²) < 4.78 is 0. The van der Waals surface area contributed by atoms with Crippen molar-refractivity contribution in [2.24, 2.45) is 5.92 Å². The Bertz CT molecular complexity index is 173. The lowest BCUT2D eigenvalue weighted by Gasteiger charge is -2.06. The molecule has 0 aromatic heterocycles. The summed E-state index contributed by atoms with van der Waals surface area (Å²) in [4.78, 5) is 10.1. The maximum absolute atomic E-state index is 10.1. The monoisotopic (exact) mass is 170 g/mol. The van der Waals surface area contributed by atoms with E-state index < -0.39 is 5.97 Å². The van der Waals surface area contributed by atoms with E-state index in [0.717, 1.165) is 6.08 Å². The number of allylic oxidation sites excluding steroid dienone is 2. The fraction of sp³-hybridized carbons (Fsp3) is 0.444. The number of aliphatic hydroxyl groups is 1. The predicted molar refractivity (Wildman–Crippen MR) is 46.8 cm³/mol. The van der Waals surface area contributed by atoms with Crippen LogP contribution in [-0.2, 0) is 4.79 Å². The first-order valence-electron chi connectivity index (χ1n) is 3.83. The summed E-state index contributed by atoms with van der Waals surface area (Å²) in [6, 6.07) is 0. The Hall–Kier alpha value is -1.09. The summed E-state index contributed by atoms with van der Waals surface area (Å²) in [6.45, 7) is 3.62. The van der Waals surface area contributed by atoms with Crippen molar-refractivity contribution < 1.29 is 15.0 Å². The van der Waals surface area contributed by atoms with E-state index in [-0.39, 0.29) is 12.5 Å². The van der Waals surface area contributed by atoms with Crippen LogP contribution in [0, 0.1) is 5.92 Å². The van der Waals surface area contributed by atoms with E-state index in [1.807, 2.05) is 0 Å². The fourth-order valence-electron chi connectivity index (χ4n) is 0.891. The van der Waals surface area contributed by atoms with E-state index in [1.54, 1.807) is 12.2 Å². The van der Waals surface area contributed by atoms with Gasteiger partial charge in [0.05, 0.1) is 0 Å². The normalized spacial score (nSPS) is 13.1. The molecular weight excluding hydrogens is 156 g/mol. The van der Waals surface area contributed by atoms with Gasteiger partial charge in [0.25, 0.3) is 0 Å². The quantitative estimate of drug-likeness (QED) is 0.465. The number of aliphatic hydroxyl groups excluding tert-OH is 1. The van der Waals surface area contributed by atoms with Crippen molar-refractivity contribution in [3.63, 3.8) is 0 Å². The van der Waals surface area contributed by atoms with Crippen LogP contribution in [0.15, 0.2) is 24.8 Å². The van der Waals surface area contributed by atoms with Crippen molar-refractivity contribution in [2.75, 3.05) is 6.61 Å². The van der Waals surface area contributed by atoms with Crippen LogP contribution in [0.5, 0.6) is 0 Å². The molecule has 0 saturated heterocycles. The van der Waals surface area contributed by atoms with Crippen LogP contribution in [-0.4, -0.2) is 22.8 Å². The number of aliphatic carboxylic acids is 1. The zero-order valence-electron chi connectivity index (χ0n) is 6.94. The molecule has 2 N–H and O–H groups in total. The molecule has 1 atom stereocenters. The molecule has 0 bridgehead atoms. The van der Waals surface area contributed by atoms with Gasteiger partial charge in [0.15, 0.2) is 0 Å². The zero-order chi connectivity index (χ0) is 9.40. The van der Waals surface area contributed by atoms with E-state index in [4.69, 9.17) is 10.2 Å². The smallest absolute Gasteiger partial charge is 0.327 e. The van der Waals surface area contributed by atoms with Crippen molar-refractivity contribution in [1.29, 1.82) is 0 Å². The minimum absolute atomic E-state index is 0.0719. The van der Waals surface area contributed by atoms with Crippen molar-refractivity contribution in [3.05, 3.63) is 24.8 Å². The lowest BCUT2D eigenvalue weighted by molar-refractivity contribution is -0.131. The van der Waals surface area contributed by atoms with Gasteiger partial charge >= 0.3 is 5.97 Å². The third-order valence-electron chi connectivity index (χ3n) is 1.48. The molecule has 0 aromatic carbocycles. The summed E-state index contributed by atoms with van der Waals surface area (Å²) in [5.74, 6) is -0.870. The van der Waals surface area contributed by atoms with Crippen LogP contribution in [0.3, 0.4) is 0 Å². The number of carboxylic acid groups (broad SMARTS) is 1. The third-order valence-corrected chi connectivity index (χ3v) is 1.48. The molecule has 0 aromatic rings. The van der Waals surface area contributed by atoms with Crippen LogP contribution in [0.4, 0.5) is 0 Å². The minimum Gasteiger partial charge on any atom is -0.478 e. The molecule has 0 saturated carbocycles. The Morgan fingerprint density at radius 1 is 1.58 bits per heavy atom. The molecule has 68 valence electrons. The maximum Gasteiger partial charge on any atom is 0.327 e. The molecule has 0 aliphatic carbocycles. The Labute approximate surface area is 72.0 Å². The lowest BCUT2D eigenvalue weighted by atomic mass is 10.0. The van der Waals surface area contributed by atoms with E-state index in [1.165, 1.54) is 0 Å². The van der Waals surface area contributed by atoms with Crippen molar-refractivity contribution >= 4 is 5.97 Å². The van der Waals surface area contributed by atoms with Gasteiger partial charge in [-0.2, -0.15) is 0 Å². The first-order chi connectivity index (χ1) is 5.70. The Balaban J connectivity index is 3.92. The number of rotatable bonds is 6. The highest BCUT2D eigenvalue weighted by molar-refractivity contribution is 5.79. The van der Waals surface area contributed by atoms with E-state index in [0.29, 0.717) is 12.8 Å². The highest BCUT2D eigenvalue weighted by Crippen LogP contribution is 2.09. The molecular formula is C9H14O3. The van der Waals surface area contributed by atoms with Crippen LogP contribution < -0.4 is 0 Å². The van der Waals surface area contributed by atoms with Crippen LogP contribution in [0.25, 0.3) is 0 Å². The zero-order valence-corrected chi connectivity index (χ0v) is 6.94. The van der Waals surface area contributed by atoms with Crippen molar-refractivity contribution in [3.8, 4) is 0 Å². The second-order valence-electron chi connectivity index (χ2n) is 2.49. The van der Waals surface area contributed by atoms with Crippen molar-refractivity contribution in [1.82, 2.24) is 0 Å². The largest absolute Gasteiger partial charge is 0.478 e. The SMILES string of the molecule is C=CCC(C=CC(=O)O)CCO. The van der Waals surface area contributed by atoms with Gasteiger partial charge in [-0.1, -0.05) is 12.2 Å². The van der Waals surface area contributed by atoms with Gasteiger partial charge in [-0.05, 0) is 18.8 Å². The number of carbonyl (C=O) groups is 1. The number of hydrogen-bond acceptors (Lipinski definition) is 2. The van der Waals surface area contributed by atoms with E-state index in [2.05, 4.69) is 6.58 Å². The van der Waals surface area contributed by atoms with Crippen LogP contribution in [0.1, 0.15) is 12.8 Å².